The maximum atomic E-state index is 6.83. The third-order valence-electron chi connectivity index (χ3n) is 9.80. The Hall–Kier alpha value is -5.70. The van der Waals surface area contributed by atoms with Gasteiger partial charge in [-0.15, -0.1) is 0 Å². The predicted octanol–water partition coefficient (Wildman–Crippen LogP) is 10.9. The molecule has 0 saturated heterocycles. The largest absolute Gasteiger partial charge is 0.456 e. The highest BCUT2D eigenvalue weighted by Gasteiger charge is 2.20. The van der Waals surface area contributed by atoms with Gasteiger partial charge in [0.05, 0.1) is 0 Å². The molecular formula is C45H32OSi. The van der Waals surface area contributed by atoms with Crippen molar-refractivity contribution in [3.63, 3.8) is 0 Å². The van der Waals surface area contributed by atoms with E-state index >= 15 is 0 Å². The van der Waals surface area contributed by atoms with Crippen molar-refractivity contribution in [1.29, 1.82) is 0 Å². The third-order valence-corrected chi connectivity index (χ3v) is 12.6. The van der Waals surface area contributed by atoms with Gasteiger partial charge in [0.1, 0.15) is 20.0 Å². The first-order valence-corrected chi connectivity index (χ1v) is 18.7. The van der Waals surface area contributed by atoms with Crippen molar-refractivity contribution < 1.29 is 4.42 Å². The first-order valence-electron chi connectivity index (χ1n) is 16.3. The number of rotatable bonds is 5. The predicted molar refractivity (Wildman–Crippen MR) is 204 cm³/mol. The van der Waals surface area contributed by atoms with Crippen LogP contribution in [0.25, 0.3) is 76.9 Å². The Morgan fingerprint density at radius 2 is 0.809 bits per heavy atom. The lowest BCUT2D eigenvalue weighted by Crippen LogP contribution is -2.39. The Balaban J connectivity index is 1.19. The molecular weight excluding hydrogens is 585 g/mol. The second-order valence-corrected chi connectivity index (χ2v) is 15.2. The molecule has 0 amide bonds. The molecule has 0 saturated carbocycles. The molecule has 0 spiro atoms. The molecule has 1 atom stereocenters. The van der Waals surface area contributed by atoms with Gasteiger partial charge in [0, 0.05) is 16.3 Å². The summed E-state index contributed by atoms with van der Waals surface area (Å²) in [5, 5.41) is 10.2. The third kappa shape index (κ3) is 4.52. The highest BCUT2D eigenvalue weighted by atomic mass is 28.3. The molecule has 0 aliphatic rings. The van der Waals surface area contributed by atoms with Crippen LogP contribution in [0.2, 0.25) is 6.55 Å². The van der Waals surface area contributed by atoms with Crippen molar-refractivity contribution in [3.05, 3.63) is 170 Å². The van der Waals surface area contributed by atoms with Crippen molar-refractivity contribution in [2.45, 2.75) is 6.55 Å². The van der Waals surface area contributed by atoms with Gasteiger partial charge in [0.15, 0.2) is 0 Å². The summed E-state index contributed by atoms with van der Waals surface area (Å²) in [7, 11) is -1.42. The van der Waals surface area contributed by atoms with Crippen LogP contribution < -0.4 is 10.4 Å². The van der Waals surface area contributed by atoms with Crippen LogP contribution in [0.15, 0.2) is 174 Å². The molecule has 1 nitrogen and oxygen atoms in total. The van der Waals surface area contributed by atoms with Gasteiger partial charge in [-0.25, -0.2) is 0 Å². The number of fused-ring (bicyclic) bond motifs is 5. The van der Waals surface area contributed by atoms with Crippen molar-refractivity contribution in [2.75, 3.05) is 0 Å². The minimum atomic E-state index is -1.42. The Kier molecular flexibility index (Phi) is 6.62. The van der Waals surface area contributed by atoms with Gasteiger partial charge >= 0.3 is 0 Å². The van der Waals surface area contributed by atoms with Crippen LogP contribution in [0.3, 0.4) is 0 Å². The van der Waals surface area contributed by atoms with Gasteiger partial charge in [-0.2, -0.15) is 0 Å². The number of benzene rings is 8. The molecule has 0 aliphatic heterocycles. The quantitative estimate of drug-likeness (QED) is 0.138. The van der Waals surface area contributed by atoms with Crippen LogP contribution in [0.4, 0.5) is 0 Å². The summed E-state index contributed by atoms with van der Waals surface area (Å²) >= 11 is 0. The van der Waals surface area contributed by atoms with Crippen molar-refractivity contribution in [1.82, 2.24) is 0 Å². The van der Waals surface area contributed by atoms with E-state index in [1.807, 2.05) is 0 Å². The lowest BCUT2D eigenvalue weighted by molar-refractivity contribution is 0.672. The van der Waals surface area contributed by atoms with E-state index < -0.39 is 8.80 Å². The van der Waals surface area contributed by atoms with E-state index in [1.165, 1.54) is 64.9 Å². The fourth-order valence-electron chi connectivity index (χ4n) is 7.50. The lowest BCUT2D eigenvalue weighted by atomic mass is 9.86. The Morgan fingerprint density at radius 3 is 1.40 bits per heavy atom. The van der Waals surface area contributed by atoms with Gasteiger partial charge in [0.2, 0.25) is 0 Å². The maximum absolute atomic E-state index is 6.83. The molecule has 1 aromatic heterocycles. The van der Waals surface area contributed by atoms with E-state index in [2.05, 4.69) is 176 Å². The van der Waals surface area contributed by atoms with Crippen LogP contribution in [-0.2, 0) is 0 Å². The highest BCUT2D eigenvalue weighted by molar-refractivity contribution is 6.85. The number of para-hydroxylation sites is 2. The molecule has 1 unspecified atom stereocenters. The Bertz CT molecular complexity index is 2510. The molecule has 0 radical (unpaired) electrons. The molecule has 9 rings (SSSR count). The summed E-state index contributed by atoms with van der Waals surface area (Å²) in [4.78, 5) is 0. The van der Waals surface area contributed by atoms with Crippen molar-refractivity contribution in [3.8, 4) is 33.4 Å². The molecule has 2 heteroatoms. The number of hydrogen-bond donors (Lipinski definition) is 0. The second kappa shape index (κ2) is 11.3. The minimum absolute atomic E-state index is 0.958. The Morgan fingerprint density at radius 1 is 0.362 bits per heavy atom. The average Bonchev–Trinajstić information content (AvgIpc) is 3.54. The zero-order valence-electron chi connectivity index (χ0n) is 26.2. The number of furan rings is 1. The average molecular weight is 617 g/mol. The fourth-order valence-corrected chi connectivity index (χ4v) is 9.67. The van der Waals surface area contributed by atoms with Crippen LogP contribution in [0.5, 0.6) is 0 Å². The minimum Gasteiger partial charge on any atom is -0.456 e. The van der Waals surface area contributed by atoms with E-state index in [9.17, 15) is 0 Å². The van der Waals surface area contributed by atoms with Gasteiger partial charge in [-0.3, -0.25) is 0 Å². The zero-order chi connectivity index (χ0) is 31.3. The first kappa shape index (κ1) is 27.6. The van der Waals surface area contributed by atoms with Gasteiger partial charge < -0.3 is 4.42 Å². The summed E-state index contributed by atoms with van der Waals surface area (Å²) in [6, 6.07) is 61.6. The zero-order valence-corrected chi connectivity index (χ0v) is 27.3. The topological polar surface area (TPSA) is 13.1 Å². The Labute approximate surface area is 276 Å². The van der Waals surface area contributed by atoms with E-state index in [0.717, 1.165) is 22.3 Å². The maximum Gasteiger partial charge on any atom is 0.143 e. The molecule has 0 fully saturated rings. The van der Waals surface area contributed by atoms with E-state index in [1.54, 1.807) is 0 Å². The smallest absolute Gasteiger partial charge is 0.143 e. The number of hydrogen-bond acceptors (Lipinski definition) is 1. The second-order valence-electron chi connectivity index (χ2n) is 12.4. The molecule has 0 N–H and O–H groups in total. The van der Waals surface area contributed by atoms with Crippen LogP contribution in [-0.4, -0.2) is 8.80 Å². The molecule has 9 aromatic rings. The molecule has 222 valence electrons. The monoisotopic (exact) mass is 616 g/mol. The fraction of sp³-hybridized carbons (Fsp3) is 0.0222. The van der Waals surface area contributed by atoms with E-state index in [-0.39, 0.29) is 0 Å². The summed E-state index contributed by atoms with van der Waals surface area (Å²) in [6.07, 6.45) is 0. The SMILES string of the molecule is C[SiH](c1ccccc1)c1cccc2c1oc1c(-c3ccc(-c4c5ccccc5c(-c5ccccc5)c5ccccc45)cc3)cccc12. The van der Waals surface area contributed by atoms with Crippen molar-refractivity contribution >= 4 is 62.7 Å². The van der Waals surface area contributed by atoms with E-state index in [4.69, 9.17) is 4.42 Å². The highest BCUT2D eigenvalue weighted by Crippen LogP contribution is 2.44. The summed E-state index contributed by atoms with van der Waals surface area (Å²) in [5.74, 6) is 0. The van der Waals surface area contributed by atoms with Gasteiger partial charge in [0.25, 0.3) is 0 Å². The summed E-state index contributed by atoms with van der Waals surface area (Å²) in [6.45, 7) is 2.40. The molecule has 0 bridgehead atoms. The molecule has 8 aromatic carbocycles. The molecule has 47 heavy (non-hydrogen) atoms. The van der Waals surface area contributed by atoms with Gasteiger partial charge in [-0.1, -0.05) is 182 Å². The normalized spacial score (nSPS) is 12.3. The van der Waals surface area contributed by atoms with Crippen LogP contribution in [0, 0.1) is 0 Å². The molecule has 1 heterocycles. The van der Waals surface area contributed by atoms with Crippen LogP contribution in [0.1, 0.15) is 0 Å². The summed E-state index contributed by atoms with van der Waals surface area (Å²) in [5.41, 5.74) is 9.28. The standard InChI is InChI=1S/C45H32OSi/c1-47(33-16-6-3-7-17-33)41-25-13-24-40-39-23-12-22-34(44(39)46-45(40)41)30-26-28-32(29-27-30)43-37-20-10-8-18-35(37)42(31-14-4-2-5-15-31)36-19-9-11-21-38(36)43/h2-29,47H,1H3. The van der Waals surface area contributed by atoms with Gasteiger partial charge in [-0.05, 0) is 54.5 Å². The van der Waals surface area contributed by atoms with Crippen molar-refractivity contribution in [2.24, 2.45) is 0 Å². The van der Waals surface area contributed by atoms with E-state index in [0.29, 0.717) is 0 Å². The summed E-state index contributed by atoms with van der Waals surface area (Å²) < 4.78 is 6.83. The molecule has 0 aliphatic carbocycles. The first-order chi connectivity index (χ1) is 23.3. The lowest BCUT2D eigenvalue weighted by Gasteiger charge is -2.18. The van der Waals surface area contributed by atoms with Crippen LogP contribution >= 0.6 is 0 Å².